The standard InChI is InChI=1S/C19H22N2O5/c1-21(2)19(23)13-25-15-10-8-14(9-11-15)20-18(22)12-26-17-7-5-4-6-16(17)24-3/h4-11H,12-13H2,1-3H3,(H,20,22). The molecule has 0 atom stereocenters. The van der Waals surface area contributed by atoms with Gasteiger partial charge in [-0.05, 0) is 36.4 Å². The first-order valence-corrected chi connectivity index (χ1v) is 7.98. The van der Waals surface area contributed by atoms with Crippen LogP contribution in [0.4, 0.5) is 5.69 Å². The number of nitrogens with zero attached hydrogens (tertiary/aromatic N) is 1. The Labute approximate surface area is 152 Å². The van der Waals surface area contributed by atoms with Gasteiger partial charge in [0.1, 0.15) is 5.75 Å². The van der Waals surface area contributed by atoms with E-state index in [0.29, 0.717) is 22.9 Å². The molecule has 0 aliphatic rings. The first-order chi connectivity index (χ1) is 12.5. The maximum Gasteiger partial charge on any atom is 0.262 e. The Balaban J connectivity index is 1.82. The van der Waals surface area contributed by atoms with Gasteiger partial charge in [-0.25, -0.2) is 0 Å². The molecule has 7 heteroatoms. The lowest BCUT2D eigenvalue weighted by Crippen LogP contribution is -2.27. The van der Waals surface area contributed by atoms with Crippen LogP contribution < -0.4 is 19.5 Å². The molecule has 2 rings (SSSR count). The number of hydrogen-bond donors (Lipinski definition) is 1. The number of para-hydroxylation sites is 2. The van der Waals surface area contributed by atoms with Crippen molar-refractivity contribution < 1.29 is 23.8 Å². The molecule has 0 saturated heterocycles. The van der Waals surface area contributed by atoms with Crippen molar-refractivity contribution in [2.75, 3.05) is 39.7 Å². The van der Waals surface area contributed by atoms with Gasteiger partial charge in [-0.2, -0.15) is 0 Å². The summed E-state index contributed by atoms with van der Waals surface area (Å²) < 4.78 is 16.0. The second-order valence-electron chi connectivity index (χ2n) is 5.59. The average Bonchev–Trinajstić information content (AvgIpc) is 2.65. The number of ether oxygens (including phenoxy) is 3. The molecule has 26 heavy (non-hydrogen) atoms. The molecule has 0 aromatic heterocycles. The van der Waals surface area contributed by atoms with E-state index in [9.17, 15) is 9.59 Å². The minimum Gasteiger partial charge on any atom is -0.493 e. The minimum absolute atomic E-state index is 0.0363. The lowest BCUT2D eigenvalue weighted by Gasteiger charge is -2.12. The maximum absolute atomic E-state index is 12.0. The highest BCUT2D eigenvalue weighted by Gasteiger charge is 2.08. The van der Waals surface area contributed by atoms with Crippen LogP contribution in [-0.2, 0) is 9.59 Å². The van der Waals surface area contributed by atoms with Crippen LogP contribution in [0.5, 0.6) is 17.2 Å². The Morgan fingerprint density at radius 1 is 0.923 bits per heavy atom. The van der Waals surface area contributed by atoms with Crippen molar-refractivity contribution in [3.8, 4) is 17.2 Å². The number of anilines is 1. The summed E-state index contributed by atoms with van der Waals surface area (Å²) in [5.74, 6) is 1.18. The van der Waals surface area contributed by atoms with Crippen LogP contribution >= 0.6 is 0 Å². The molecule has 0 unspecified atom stereocenters. The number of nitrogens with one attached hydrogen (secondary N) is 1. The molecule has 0 aliphatic heterocycles. The molecule has 2 aromatic carbocycles. The van der Waals surface area contributed by atoms with Gasteiger partial charge < -0.3 is 24.4 Å². The van der Waals surface area contributed by atoms with Crippen LogP contribution in [0.25, 0.3) is 0 Å². The highest BCUT2D eigenvalue weighted by molar-refractivity contribution is 5.91. The molecular weight excluding hydrogens is 336 g/mol. The Bertz CT molecular complexity index is 744. The highest BCUT2D eigenvalue weighted by Crippen LogP contribution is 2.25. The second kappa shape index (κ2) is 9.31. The summed E-state index contributed by atoms with van der Waals surface area (Å²) in [7, 11) is 4.87. The second-order valence-corrected chi connectivity index (χ2v) is 5.59. The first kappa shape index (κ1) is 19.1. The maximum atomic E-state index is 12.0. The highest BCUT2D eigenvalue weighted by atomic mass is 16.5. The van der Waals surface area contributed by atoms with Crippen LogP contribution in [0.3, 0.4) is 0 Å². The molecule has 138 valence electrons. The normalized spacial score (nSPS) is 9.96. The number of benzene rings is 2. The van der Waals surface area contributed by atoms with E-state index >= 15 is 0 Å². The lowest BCUT2D eigenvalue weighted by molar-refractivity contribution is -0.130. The van der Waals surface area contributed by atoms with E-state index in [4.69, 9.17) is 14.2 Å². The Morgan fingerprint density at radius 2 is 1.58 bits per heavy atom. The van der Waals surface area contributed by atoms with Gasteiger partial charge in [0.2, 0.25) is 0 Å². The van der Waals surface area contributed by atoms with Gasteiger partial charge in [0.15, 0.2) is 24.7 Å². The molecule has 0 saturated carbocycles. The van der Waals surface area contributed by atoms with Crippen molar-refractivity contribution >= 4 is 17.5 Å². The molecule has 0 heterocycles. The van der Waals surface area contributed by atoms with Gasteiger partial charge in [-0.15, -0.1) is 0 Å². The molecule has 0 radical (unpaired) electrons. The zero-order chi connectivity index (χ0) is 18.9. The van der Waals surface area contributed by atoms with E-state index < -0.39 is 0 Å². The molecule has 0 spiro atoms. The number of hydrogen-bond acceptors (Lipinski definition) is 5. The van der Waals surface area contributed by atoms with Crippen molar-refractivity contribution in [1.82, 2.24) is 4.90 Å². The SMILES string of the molecule is COc1ccccc1OCC(=O)Nc1ccc(OCC(=O)N(C)C)cc1. The van der Waals surface area contributed by atoms with Crippen LogP contribution in [0.1, 0.15) is 0 Å². The molecule has 0 bridgehead atoms. The first-order valence-electron chi connectivity index (χ1n) is 7.98. The van der Waals surface area contributed by atoms with Crippen molar-refractivity contribution in [2.24, 2.45) is 0 Å². The fourth-order valence-corrected chi connectivity index (χ4v) is 1.99. The summed E-state index contributed by atoms with van der Waals surface area (Å²) in [6.07, 6.45) is 0. The summed E-state index contributed by atoms with van der Waals surface area (Å²) >= 11 is 0. The van der Waals surface area contributed by atoms with Gasteiger partial charge in [-0.1, -0.05) is 12.1 Å². The average molecular weight is 358 g/mol. The van der Waals surface area contributed by atoms with Crippen molar-refractivity contribution in [3.63, 3.8) is 0 Å². The van der Waals surface area contributed by atoms with Gasteiger partial charge in [-0.3, -0.25) is 9.59 Å². The van der Waals surface area contributed by atoms with E-state index in [1.165, 1.54) is 12.0 Å². The molecule has 0 fully saturated rings. The van der Waals surface area contributed by atoms with Gasteiger partial charge in [0.25, 0.3) is 11.8 Å². The number of carbonyl (C=O) groups is 2. The predicted octanol–water partition coefficient (Wildman–Crippen LogP) is 2.18. The molecule has 7 nitrogen and oxygen atoms in total. The van der Waals surface area contributed by atoms with Gasteiger partial charge in [0, 0.05) is 19.8 Å². The smallest absolute Gasteiger partial charge is 0.262 e. The molecule has 0 aliphatic carbocycles. The summed E-state index contributed by atoms with van der Waals surface area (Å²) in [6, 6.07) is 13.9. The lowest BCUT2D eigenvalue weighted by atomic mass is 10.3. The Kier molecular flexibility index (Phi) is 6.84. The third kappa shape index (κ3) is 5.70. The van der Waals surface area contributed by atoms with Gasteiger partial charge in [0.05, 0.1) is 7.11 Å². The number of methoxy groups -OCH3 is 1. The monoisotopic (exact) mass is 358 g/mol. The van der Waals surface area contributed by atoms with Crippen LogP contribution in [0.2, 0.25) is 0 Å². The summed E-state index contributed by atoms with van der Waals surface area (Å²) in [5, 5.41) is 2.72. The fourth-order valence-electron chi connectivity index (χ4n) is 1.99. The van der Waals surface area contributed by atoms with E-state index in [1.54, 1.807) is 56.6 Å². The number of amides is 2. The van der Waals surface area contributed by atoms with Crippen LogP contribution in [0.15, 0.2) is 48.5 Å². The number of carbonyl (C=O) groups excluding carboxylic acids is 2. The van der Waals surface area contributed by atoms with E-state index in [1.807, 2.05) is 6.07 Å². The summed E-state index contributed by atoms with van der Waals surface area (Å²) in [5.41, 5.74) is 0.602. The van der Waals surface area contributed by atoms with Crippen molar-refractivity contribution in [3.05, 3.63) is 48.5 Å². The topological polar surface area (TPSA) is 77.1 Å². The van der Waals surface area contributed by atoms with Gasteiger partial charge >= 0.3 is 0 Å². The zero-order valence-electron chi connectivity index (χ0n) is 15.0. The van der Waals surface area contributed by atoms with Crippen LogP contribution in [-0.4, -0.2) is 51.1 Å². The summed E-state index contributed by atoms with van der Waals surface area (Å²) in [6.45, 7) is -0.179. The van der Waals surface area contributed by atoms with E-state index in [-0.39, 0.29) is 25.0 Å². The fraction of sp³-hybridized carbons (Fsp3) is 0.263. The molecule has 1 N–H and O–H groups in total. The third-order valence-corrected chi connectivity index (χ3v) is 3.43. The van der Waals surface area contributed by atoms with Crippen molar-refractivity contribution in [2.45, 2.75) is 0 Å². The van der Waals surface area contributed by atoms with E-state index in [0.717, 1.165) is 0 Å². The third-order valence-electron chi connectivity index (χ3n) is 3.43. The Morgan fingerprint density at radius 3 is 2.19 bits per heavy atom. The van der Waals surface area contributed by atoms with Crippen LogP contribution in [0, 0.1) is 0 Å². The number of rotatable bonds is 8. The molecule has 2 amide bonds. The Hall–Kier alpha value is -3.22. The number of likely N-dealkylation sites (N-methyl/N-ethyl adjacent to an activating group) is 1. The molecular formula is C19H22N2O5. The molecule has 2 aromatic rings. The predicted molar refractivity (Wildman–Crippen MR) is 97.7 cm³/mol. The van der Waals surface area contributed by atoms with Crippen molar-refractivity contribution in [1.29, 1.82) is 0 Å². The quantitative estimate of drug-likeness (QED) is 0.783. The summed E-state index contributed by atoms with van der Waals surface area (Å²) in [4.78, 5) is 24.9. The zero-order valence-corrected chi connectivity index (χ0v) is 15.0. The largest absolute Gasteiger partial charge is 0.493 e. The minimum atomic E-state index is -0.299. The van der Waals surface area contributed by atoms with E-state index in [2.05, 4.69) is 5.32 Å².